The lowest BCUT2D eigenvalue weighted by Crippen LogP contribution is -2.43. The van der Waals surface area contributed by atoms with Crippen LogP contribution in [0.2, 0.25) is 0 Å². The van der Waals surface area contributed by atoms with E-state index >= 15 is 0 Å². The Morgan fingerprint density at radius 2 is 1.65 bits per heavy atom. The summed E-state index contributed by atoms with van der Waals surface area (Å²) >= 11 is 0. The third-order valence-corrected chi connectivity index (χ3v) is 4.05. The van der Waals surface area contributed by atoms with Gasteiger partial charge < -0.3 is 10.2 Å². The van der Waals surface area contributed by atoms with E-state index in [4.69, 9.17) is 0 Å². The monoisotopic (exact) mass is 250 g/mol. The largest absolute Gasteiger partial charge is 0.391 e. The fraction of sp³-hybridized carbons (Fsp3) is 1.00. The maximum atomic E-state index is 12.5. The summed E-state index contributed by atoms with van der Waals surface area (Å²) in [5.74, 6) is -1.06. The Morgan fingerprint density at radius 3 is 2.12 bits per heavy atom. The van der Waals surface area contributed by atoms with Gasteiger partial charge in [-0.3, -0.25) is 0 Å². The first kappa shape index (κ1) is 13.1. The highest BCUT2D eigenvalue weighted by Crippen LogP contribution is 2.37. The van der Waals surface area contributed by atoms with Crippen molar-refractivity contribution in [3.63, 3.8) is 0 Å². The second-order valence-electron chi connectivity index (χ2n) is 5.50. The minimum Gasteiger partial charge on any atom is -0.310 e. The Labute approximate surface area is 101 Å². The van der Waals surface area contributed by atoms with Crippen LogP contribution in [0.25, 0.3) is 0 Å². The maximum absolute atomic E-state index is 12.5. The zero-order chi connectivity index (χ0) is 12.5. The first-order chi connectivity index (χ1) is 7.95. The molecule has 0 bridgehead atoms. The van der Waals surface area contributed by atoms with Crippen LogP contribution in [0, 0.1) is 5.92 Å². The second kappa shape index (κ2) is 5.14. The van der Waals surface area contributed by atoms with Gasteiger partial charge in [-0.05, 0) is 45.7 Å². The molecule has 0 radical (unpaired) electrons. The molecular formula is C12H21F3N2. The van der Waals surface area contributed by atoms with Crippen molar-refractivity contribution in [1.29, 1.82) is 0 Å². The third-order valence-electron chi connectivity index (χ3n) is 4.05. The Balaban J connectivity index is 1.72. The first-order valence-electron chi connectivity index (χ1n) is 6.46. The fourth-order valence-electron chi connectivity index (χ4n) is 2.99. The number of likely N-dealkylation sites (N-methyl/N-ethyl adjacent to an activating group) is 1. The molecule has 100 valence electrons. The van der Waals surface area contributed by atoms with Crippen molar-refractivity contribution < 1.29 is 13.2 Å². The fourth-order valence-corrected chi connectivity index (χ4v) is 2.99. The summed E-state index contributed by atoms with van der Waals surface area (Å²) in [7, 11) is 2.09. The highest BCUT2D eigenvalue weighted by Gasteiger charge is 2.41. The maximum Gasteiger partial charge on any atom is 0.391 e. The molecule has 1 heterocycles. The Hall–Kier alpha value is -0.290. The van der Waals surface area contributed by atoms with Crippen molar-refractivity contribution in [3.05, 3.63) is 0 Å². The van der Waals surface area contributed by atoms with Crippen LogP contribution < -0.4 is 5.32 Å². The highest BCUT2D eigenvalue weighted by molar-refractivity contribution is 4.86. The zero-order valence-electron chi connectivity index (χ0n) is 10.3. The molecule has 2 aliphatic rings. The molecule has 1 saturated carbocycles. The minimum atomic E-state index is -3.99. The number of likely N-dealkylation sites (tertiary alicyclic amines) is 1. The van der Waals surface area contributed by atoms with Crippen LogP contribution in [0.15, 0.2) is 0 Å². The van der Waals surface area contributed by atoms with Gasteiger partial charge in [-0.15, -0.1) is 0 Å². The Kier molecular flexibility index (Phi) is 3.98. The van der Waals surface area contributed by atoms with E-state index in [9.17, 15) is 13.2 Å². The predicted octanol–water partition coefficient (Wildman–Crippen LogP) is 2.40. The molecule has 1 aliphatic carbocycles. The van der Waals surface area contributed by atoms with E-state index in [0.717, 1.165) is 19.5 Å². The number of hydrogen-bond donors (Lipinski definition) is 1. The van der Waals surface area contributed by atoms with Crippen LogP contribution in [0.3, 0.4) is 0 Å². The van der Waals surface area contributed by atoms with E-state index in [1.165, 1.54) is 0 Å². The van der Waals surface area contributed by atoms with Crippen molar-refractivity contribution in [1.82, 2.24) is 10.2 Å². The quantitative estimate of drug-likeness (QED) is 0.809. The summed E-state index contributed by atoms with van der Waals surface area (Å²) in [5.41, 5.74) is 0. The molecule has 1 N–H and O–H groups in total. The summed E-state index contributed by atoms with van der Waals surface area (Å²) in [6.07, 6.45) is -0.934. The van der Waals surface area contributed by atoms with Crippen LogP contribution in [0.5, 0.6) is 0 Å². The van der Waals surface area contributed by atoms with Crippen LogP contribution in [0.4, 0.5) is 13.2 Å². The van der Waals surface area contributed by atoms with Gasteiger partial charge in [0.25, 0.3) is 0 Å². The van der Waals surface area contributed by atoms with E-state index in [0.29, 0.717) is 37.8 Å². The summed E-state index contributed by atoms with van der Waals surface area (Å²) in [4.78, 5) is 2.26. The third kappa shape index (κ3) is 3.58. The molecule has 2 nitrogen and oxygen atoms in total. The van der Waals surface area contributed by atoms with Crippen molar-refractivity contribution in [2.75, 3.05) is 20.1 Å². The van der Waals surface area contributed by atoms with E-state index in [1.54, 1.807) is 0 Å². The first-order valence-corrected chi connectivity index (χ1v) is 6.46. The zero-order valence-corrected chi connectivity index (χ0v) is 10.3. The molecule has 0 aromatic heterocycles. The van der Waals surface area contributed by atoms with E-state index in [1.807, 2.05) is 0 Å². The van der Waals surface area contributed by atoms with Crippen LogP contribution >= 0.6 is 0 Å². The lowest BCUT2D eigenvalue weighted by atomic mass is 9.85. The highest BCUT2D eigenvalue weighted by atomic mass is 19.4. The number of nitrogens with one attached hydrogen (secondary N) is 1. The molecule has 1 aliphatic heterocycles. The van der Waals surface area contributed by atoms with Gasteiger partial charge in [-0.2, -0.15) is 13.2 Å². The van der Waals surface area contributed by atoms with E-state index in [2.05, 4.69) is 17.3 Å². The molecule has 0 amide bonds. The molecule has 0 aromatic carbocycles. The van der Waals surface area contributed by atoms with Gasteiger partial charge in [0.1, 0.15) is 0 Å². The number of rotatable bonds is 2. The SMILES string of the molecule is CN1CCC(NC2CCC(C(F)(F)F)CC2)C1. The smallest absolute Gasteiger partial charge is 0.310 e. The lowest BCUT2D eigenvalue weighted by Gasteiger charge is -2.32. The van der Waals surface area contributed by atoms with Crippen LogP contribution in [-0.2, 0) is 0 Å². The molecule has 2 rings (SSSR count). The minimum absolute atomic E-state index is 0.295. The van der Waals surface area contributed by atoms with Crippen molar-refractivity contribution in [2.45, 2.75) is 50.4 Å². The average molecular weight is 250 g/mol. The predicted molar refractivity (Wildman–Crippen MR) is 60.8 cm³/mol. The van der Waals surface area contributed by atoms with Crippen LogP contribution in [-0.4, -0.2) is 43.3 Å². The van der Waals surface area contributed by atoms with Crippen molar-refractivity contribution in [3.8, 4) is 0 Å². The molecule has 0 aromatic rings. The molecule has 17 heavy (non-hydrogen) atoms. The van der Waals surface area contributed by atoms with Crippen molar-refractivity contribution >= 4 is 0 Å². The van der Waals surface area contributed by atoms with Gasteiger partial charge in [0.15, 0.2) is 0 Å². The summed E-state index contributed by atoms with van der Waals surface area (Å²) in [5, 5.41) is 3.51. The van der Waals surface area contributed by atoms with Gasteiger partial charge in [0, 0.05) is 18.6 Å². The number of hydrogen-bond acceptors (Lipinski definition) is 2. The van der Waals surface area contributed by atoms with Gasteiger partial charge in [0.2, 0.25) is 0 Å². The van der Waals surface area contributed by atoms with Gasteiger partial charge in [-0.25, -0.2) is 0 Å². The Morgan fingerprint density at radius 1 is 1.00 bits per heavy atom. The van der Waals surface area contributed by atoms with Gasteiger partial charge in [-0.1, -0.05) is 0 Å². The molecule has 2 fully saturated rings. The van der Waals surface area contributed by atoms with Crippen molar-refractivity contribution in [2.24, 2.45) is 5.92 Å². The molecule has 0 spiro atoms. The standard InChI is InChI=1S/C12H21F3N2/c1-17-7-6-11(8-17)16-10-4-2-9(3-5-10)12(13,14)15/h9-11,16H,2-8H2,1H3. The number of nitrogens with zero attached hydrogens (tertiary/aromatic N) is 1. The molecule has 1 atom stereocenters. The molecular weight excluding hydrogens is 229 g/mol. The average Bonchev–Trinajstić information content (AvgIpc) is 2.63. The van der Waals surface area contributed by atoms with Crippen LogP contribution in [0.1, 0.15) is 32.1 Å². The Bertz CT molecular complexity index is 247. The second-order valence-corrected chi connectivity index (χ2v) is 5.50. The number of alkyl halides is 3. The summed E-state index contributed by atoms with van der Waals surface area (Å²) < 4.78 is 37.5. The summed E-state index contributed by atoms with van der Waals surface area (Å²) in [6.45, 7) is 2.12. The van der Waals surface area contributed by atoms with E-state index < -0.39 is 12.1 Å². The molecule has 1 unspecified atom stereocenters. The van der Waals surface area contributed by atoms with Gasteiger partial charge >= 0.3 is 6.18 Å². The number of halogens is 3. The van der Waals surface area contributed by atoms with Gasteiger partial charge in [0.05, 0.1) is 5.92 Å². The normalized spacial score (nSPS) is 36.4. The molecule has 5 heteroatoms. The summed E-state index contributed by atoms with van der Waals surface area (Å²) in [6, 6.07) is 0.775. The topological polar surface area (TPSA) is 15.3 Å². The molecule has 1 saturated heterocycles. The lowest BCUT2D eigenvalue weighted by molar-refractivity contribution is -0.182. The van der Waals surface area contributed by atoms with E-state index in [-0.39, 0.29) is 0 Å².